The van der Waals surface area contributed by atoms with Gasteiger partial charge in [-0.2, -0.15) is 0 Å². The summed E-state index contributed by atoms with van der Waals surface area (Å²) in [4.78, 5) is 15.4. The maximum absolute atomic E-state index is 12.3. The van der Waals surface area contributed by atoms with Crippen molar-refractivity contribution in [2.45, 2.75) is 19.6 Å². The van der Waals surface area contributed by atoms with Crippen molar-refractivity contribution < 1.29 is 9.53 Å². The molecular weight excluding hydrogens is 316 g/mol. The lowest BCUT2D eigenvalue weighted by Gasteiger charge is -2.04. The molecule has 0 saturated carbocycles. The predicted molar refractivity (Wildman–Crippen MR) is 101 cm³/mol. The Morgan fingerprint density at radius 1 is 1.21 bits per heavy atom. The van der Waals surface area contributed by atoms with E-state index in [9.17, 15) is 4.79 Å². The molecule has 4 nitrogen and oxygen atoms in total. The van der Waals surface area contributed by atoms with Gasteiger partial charge in [0.15, 0.2) is 0 Å². The van der Waals surface area contributed by atoms with Crippen molar-refractivity contribution in [2.24, 2.45) is 0 Å². The van der Waals surface area contributed by atoms with Crippen molar-refractivity contribution in [2.75, 3.05) is 12.4 Å². The van der Waals surface area contributed by atoms with Crippen LogP contribution in [0.25, 0.3) is 11.6 Å². The summed E-state index contributed by atoms with van der Waals surface area (Å²) < 4.78 is 5.29. The average molecular weight is 336 g/mol. The fourth-order valence-electron chi connectivity index (χ4n) is 2.47. The highest BCUT2D eigenvalue weighted by molar-refractivity contribution is 6.83. The zero-order valence-electron chi connectivity index (χ0n) is 14.3. The van der Waals surface area contributed by atoms with E-state index >= 15 is 0 Å². The van der Waals surface area contributed by atoms with E-state index in [1.165, 1.54) is 0 Å². The minimum absolute atomic E-state index is 0.114. The maximum Gasteiger partial charge on any atom is 0.256 e. The molecule has 0 fully saturated rings. The second-order valence-corrected chi connectivity index (χ2v) is 11.5. The lowest BCUT2D eigenvalue weighted by molar-refractivity contribution is -0.110. The topological polar surface area (TPSA) is 54.1 Å². The first-order chi connectivity index (χ1) is 11.4. The van der Waals surface area contributed by atoms with Crippen molar-refractivity contribution in [1.82, 2.24) is 4.98 Å². The van der Waals surface area contributed by atoms with Gasteiger partial charge in [-0.05, 0) is 30.3 Å². The molecule has 0 bridgehead atoms. The van der Waals surface area contributed by atoms with Gasteiger partial charge in [-0.15, -0.1) is 5.54 Å². The zero-order chi connectivity index (χ0) is 17.3. The normalized spacial score (nSPS) is 14.8. The number of anilines is 1. The van der Waals surface area contributed by atoms with E-state index in [0.29, 0.717) is 11.3 Å². The number of ether oxygens (including phenoxy) is 1. The Morgan fingerprint density at radius 2 is 2.00 bits per heavy atom. The number of methoxy groups -OCH3 is 1. The zero-order valence-corrected chi connectivity index (χ0v) is 15.3. The van der Waals surface area contributed by atoms with E-state index in [1.807, 2.05) is 30.3 Å². The number of hydrogen-bond acceptors (Lipinski definition) is 2. The molecule has 1 aliphatic rings. The molecule has 0 unspecified atom stereocenters. The van der Waals surface area contributed by atoms with Crippen molar-refractivity contribution in [3.63, 3.8) is 0 Å². The molecule has 1 aliphatic heterocycles. The number of amides is 1. The minimum atomic E-state index is -1.44. The number of aromatic amines is 1. The third kappa shape index (κ3) is 3.29. The molecule has 3 rings (SSSR count). The maximum atomic E-state index is 12.3. The number of H-pyrrole nitrogens is 1. The number of rotatable bonds is 2. The Hall–Kier alpha value is -2.71. The fourth-order valence-corrected chi connectivity index (χ4v) is 2.99. The lowest BCUT2D eigenvalue weighted by atomic mass is 10.0. The first kappa shape index (κ1) is 16.2. The van der Waals surface area contributed by atoms with Gasteiger partial charge in [-0.1, -0.05) is 25.6 Å². The van der Waals surface area contributed by atoms with Gasteiger partial charge in [0.25, 0.3) is 5.91 Å². The van der Waals surface area contributed by atoms with Crippen LogP contribution in [0.2, 0.25) is 19.6 Å². The first-order valence-corrected chi connectivity index (χ1v) is 11.3. The van der Waals surface area contributed by atoms with Crippen molar-refractivity contribution in [1.29, 1.82) is 0 Å². The summed E-state index contributed by atoms with van der Waals surface area (Å²) in [7, 11) is 0.169. The molecule has 5 heteroatoms. The Morgan fingerprint density at radius 3 is 2.71 bits per heavy atom. The number of carbonyl (C=O) groups excluding carboxylic acids is 1. The Labute approximate surface area is 142 Å². The molecule has 1 amide bonds. The van der Waals surface area contributed by atoms with Crippen molar-refractivity contribution in [3.05, 3.63) is 47.3 Å². The number of fused-ring (bicyclic) bond motifs is 1. The van der Waals surface area contributed by atoms with Crippen LogP contribution in [0.5, 0.6) is 5.75 Å². The van der Waals surface area contributed by atoms with Crippen LogP contribution >= 0.6 is 0 Å². The monoisotopic (exact) mass is 336 g/mol. The first-order valence-electron chi connectivity index (χ1n) is 7.79. The molecule has 0 atom stereocenters. The summed E-state index contributed by atoms with van der Waals surface area (Å²) in [6.45, 7) is 6.63. The molecule has 0 radical (unpaired) electrons. The highest BCUT2D eigenvalue weighted by Gasteiger charge is 2.24. The highest BCUT2D eigenvalue weighted by Crippen LogP contribution is 2.34. The van der Waals surface area contributed by atoms with Crippen LogP contribution in [0.3, 0.4) is 0 Å². The molecular formula is C19H20N2O2Si. The van der Waals surface area contributed by atoms with E-state index in [2.05, 4.69) is 41.4 Å². The minimum Gasteiger partial charge on any atom is -0.495 e. The highest BCUT2D eigenvalue weighted by atomic mass is 28.3. The fraction of sp³-hybridized carbons (Fsp3) is 0.211. The van der Waals surface area contributed by atoms with E-state index in [-0.39, 0.29) is 5.91 Å². The molecule has 122 valence electrons. The van der Waals surface area contributed by atoms with E-state index < -0.39 is 8.07 Å². The van der Waals surface area contributed by atoms with E-state index in [0.717, 1.165) is 22.5 Å². The van der Waals surface area contributed by atoms with Crippen LogP contribution in [0.4, 0.5) is 5.69 Å². The van der Waals surface area contributed by atoms with Crippen LogP contribution in [0.15, 0.2) is 30.5 Å². The standard InChI is InChI=1S/C19H20N2O2Si/c1-23-18-7-9-20-17(18)12-15-14-11-13(8-10-24(2,3)4)5-6-16(14)21-19(15)22/h5-7,9,11-12,20H,1-4H3,(H,21,22). The van der Waals surface area contributed by atoms with E-state index in [4.69, 9.17) is 4.74 Å². The summed E-state index contributed by atoms with van der Waals surface area (Å²) in [6.07, 6.45) is 3.60. The van der Waals surface area contributed by atoms with Gasteiger partial charge in [0.05, 0.1) is 18.4 Å². The molecule has 2 N–H and O–H groups in total. The quantitative estimate of drug-likeness (QED) is 0.499. The summed E-state index contributed by atoms with van der Waals surface area (Å²) >= 11 is 0. The van der Waals surface area contributed by atoms with Gasteiger partial charge in [0, 0.05) is 23.0 Å². The van der Waals surface area contributed by atoms with E-state index in [1.54, 1.807) is 13.3 Å². The van der Waals surface area contributed by atoms with Crippen LogP contribution in [0.1, 0.15) is 16.8 Å². The molecule has 0 aliphatic carbocycles. The molecule has 0 spiro atoms. The molecule has 2 heterocycles. The smallest absolute Gasteiger partial charge is 0.256 e. The third-order valence-corrected chi connectivity index (χ3v) is 4.51. The van der Waals surface area contributed by atoms with Gasteiger partial charge in [0.2, 0.25) is 0 Å². The van der Waals surface area contributed by atoms with Crippen molar-refractivity contribution in [3.8, 4) is 17.2 Å². The molecule has 1 aromatic heterocycles. The summed E-state index contributed by atoms with van der Waals surface area (Å²) in [5.74, 6) is 3.84. The Bertz CT molecular complexity index is 892. The molecule has 24 heavy (non-hydrogen) atoms. The number of hydrogen-bond donors (Lipinski definition) is 2. The second kappa shape index (κ2) is 6.06. The predicted octanol–water partition coefficient (Wildman–Crippen LogP) is 3.74. The second-order valence-electron chi connectivity index (χ2n) is 6.73. The largest absolute Gasteiger partial charge is 0.495 e. The number of benzene rings is 1. The number of aromatic nitrogens is 1. The third-order valence-electron chi connectivity index (χ3n) is 3.63. The summed E-state index contributed by atoms with van der Waals surface area (Å²) in [5, 5.41) is 2.90. The van der Waals surface area contributed by atoms with Crippen LogP contribution in [0, 0.1) is 11.5 Å². The van der Waals surface area contributed by atoms with Gasteiger partial charge in [0.1, 0.15) is 13.8 Å². The number of nitrogens with one attached hydrogen (secondary N) is 2. The van der Waals surface area contributed by atoms with Crippen LogP contribution in [-0.2, 0) is 4.79 Å². The lowest BCUT2D eigenvalue weighted by Crippen LogP contribution is -2.16. The Balaban J connectivity index is 2.04. The van der Waals surface area contributed by atoms with Crippen LogP contribution < -0.4 is 10.1 Å². The molecule has 2 aromatic rings. The van der Waals surface area contributed by atoms with Gasteiger partial charge in [-0.25, -0.2) is 0 Å². The number of carbonyl (C=O) groups is 1. The van der Waals surface area contributed by atoms with Gasteiger partial charge >= 0.3 is 0 Å². The SMILES string of the molecule is COc1cc[nH]c1C=C1C(=O)Nc2ccc(C#C[Si](C)(C)C)cc21. The molecule has 1 aromatic carbocycles. The van der Waals surface area contributed by atoms with Crippen LogP contribution in [-0.4, -0.2) is 26.1 Å². The van der Waals surface area contributed by atoms with Gasteiger partial charge in [-0.3, -0.25) is 4.79 Å². The Kier molecular flexibility index (Phi) is 4.08. The van der Waals surface area contributed by atoms with Crippen molar-refractivity contribution >= 4 is 31.3 Å². The summed E-state index contributed by atoms with van der Waals surface area (Å²) in [5.41, 5.74) is 7.36. The van der Waals surface area contributed by atoms with Gasteiger partial charge < -0.3 is 15.0 Å². The molecule has 0 saturated heterocycles. The average Bonchev–Trinajstić information content (AvgIpc) is 3.09. The summed E-state index contributed by atoms with van der Waals surface area (Å²) in [6, 6.07) is 7.66.